The van der Waals surface area contributed by atoms with Gasteiger partial charge in [0.25, 0.3) is 0 Å². The molecule has 7 nitrogen and oxygen atoms in total. The fraction of sp³-hybridized carbons (Fsp3) is 0.133. The summed E-state index contributed by atoms with van der Waals surface area (Å²) in [4.78, 5) is 10.5. The fourth-order valence-corrected chi connectivity index (χ4v) is 5.01. The Hall–Kier alpha value is -2.17. The van der Waals surface area contributed by atoms with Gasteiger partial charge in [-0.2, -0.15) is 0 Å². The summed E-state index contributed by atoms with van der Waals surface area (Å²) in [6.07, 6.45) is 3.23. The summed E-state index contributed by atoms with van der Waals surface area (Å²) in [7, 11) is 0.693. The molecule has 0 radical (unpaired) electrons. The van der Waals surface area contributed by atoms with Crippen LogP contribution in [0.5, 0.6) is 0 Å². The number of aromatic nitrogens is 6. The Morgan fingerprint density at radius 3 is 2.80 bits per heavy atom. The van der Waals surface area contributed by atoms with Gasteiger partial charge in [-0.1, -0.05) is 18.2 Å². The van der Waals surface area contributed by atoms with E-state index in [2.05, 4.69) is 25.5 Å². The number of tetrazole rings is 1. The largest absolute Gasteiger partial charge is 0.255 e. The zero-order valence-corrected chi connectivity index (χ0v) is 15.7. The van der Waals surface area contributed by atoms with Gasteiger partial charge >= 0.3 is 0 Å². The van der Waals surface area contributed by atoms with Crippen molar-refractivity contribution in [1.29, 1.82) is 0 Å². The second kappa shape index (κ2) is 6.62. The molecule has 1 aromatic carbocycles. The van der Waals surface area contributed by atoms with Crippen molar-refractivity contribution in [3.63, 3.8) is 0 Å². The first-order valence-electron chi connectivity index (χ1n) is 7.20. The molecule has 0 N–H and O–H groups in total. The van der Waals surface area contributed by atoms with Crippen LogP contribution >= 0.6 is 23.1 Å². The molecule has 0 fully saturated rings. The minimum Gasteiger partial charge on any atom is -0.255 e. The van der Waals surface area contributed by atoms with E-state index in [1.807, 2.05) is 29.6 Å². The lowest BCUT2D eigenvalue weighted by molar-refractivity contribution is 0.664. The van der Waals surface area contributed by atoms with E-state index in [9.17, 15) is 4.21 Å². The summed E-state index contributed by atoms with van der Waals surface area (Å²) in [6, 6.07) is 7.70. The standard InChI is InChI=1S/C15H12N6OS3/c1-21-15(18-19-20-21)24-14-12-10(7-23-13(12)16-8-17-14)9-5-3-4-6-11(9)25(2)22/h3-8H,1-2H3. The molecule has 126 valence electrons. The zero-order valence-electron chi connectivity index (χ0n) is 13.3. The monoisotopic (exact) mass is 388 g/mol. The van der Waals surface area contributed by atoms with E-state index in [4.69, 9.17) is 0 Å². The van der Waals surface area contributed by atoms with Gasteiger partial charge in [0.1, 0.15) is 16.2 Å². The van der Waals surface area contributed by atoms with Crippen LogP contribution in [0.3, 0.4) is 0 Å². The van der Waals surface area contributed by atoms with E-state index in [1.165, 1.54) is 23.1 Å². The van der Waals surface area contributed by atoms with Crippen LogP contribution in [-0.2, 0) is 17.8 Å². The van der Waals surface area contributed by atoms with E-state index < -0.39 is 10.8 Å². The van der Waals surface area contributed by atoms with Gasteiger partial charge < -0.3 is 0 Å². The lowest BCUT2D eigenvalue weighted by atomic mass is 10.1. The highest BCUT2D eigenvalue weighted by Gasteiger charge is 2.18. The van der Waals surface area contributed by atoms with Crippen LogP contribution < -0.4 is 0 Å². The van der Waals surface area contributed by atoms with Crippen LogP contribution in [-0.4, -0.2) is 40.6 Å². The third-order valence-corrected chi connectivity index (χ3v) is 6.48. The number of thiophene rings is 1. The second-order valence-corrected chi connectivity index (χ2v) is 8.31. The molecule has 10 heteroatoms. The molecule has 1 unspecified atom stereocenters. The van der Waals surface area contributed by atoms with E-state index in [0.717, 1.165) is 31.3 Å². The second-order valence-electron chi connectivity index (χ2n) is 5.15. The first-order valence-corrected chi connectivity index (χ1v) is 10.5. The summed E-state index contributed by atoms with van der Waals surface area (Å²) in [5, 5.41) is 15.9. The predicted octanol–water partition coefficient (Wildman–Crippen LogP) is 2.77. The molecule has 0 amide bonds. The molecule has 4 rings (SSSR count). The molecule has 0 aliphatic carbocycles. The van der Waals surface area contributed by atoms with Crippen molar-refractivity contribution in [2.75, 3.05) is 6.26 Å². The van der Waals surface area contributed by atoms with E-state index in [-0.39, 0.29) is 0 Å². The molecule has 3 heterocycles. The van der Waals surface area contributed by atoms with Crippen LogP contribution in [0, 0.1) is 0 Å². The van der Waals surface area contributed by atoms with Gasteiger partial charge in [-0.3, -0.25) is 4.21 Å². The normalized spacial score (nSPS) is 12.6. The third-order valence-electron chi connectivity index (χ3n) is 3.59. The summed E-state index contributed by atoms with van der Waals surface area (Å²) >= 11 is 2.92. The molecule has 1 atom stereocenters. The maximum absolute atomic E-state index is 12.1. The lowest BCUT2D eigenvalue weighted by Gasteiger charge is -2.08. The number of nitrogens with zero attached hydrogens (tertiary/aromatic N) is 6. The van der Waals surface area contributed by atoms with Crippen molar-refractivity contribution < 1.29 is 4.21 Å². The van der Waals surface area contributed by atoms with Crippen LogP contribution in [0.2, 0.25) is 0 Å². The quantitative estimate of drug-likeness (QED) is 0.497. The summed E-state index contributed by atoms with van der Waals surface area (Å²) in [5.41, 5.74) is 1.91. The first-order chi connectivity index (χ1) is 12.1. The predicted molar refractivity (Wildman–Crippen MR) is 98.1 cm³/mol. The number of aryl methyl sites for hydroxylation is 1. The number of fused-ring (bicyclic) bond motifs is 1. The number of hydrogen-bond acceptors (Lipinski definition) is 8. The van der Waals surface area contributed by atoms with Crippen molar-refractivity contribution >= 4 is 44.1 Å². The summed E-state index contributed by atoms with van der Waals surface area (Å²) < 4.78 is 13.7. The van der Waals surface area contributed by atoms with Crippen molar-refractivity contribution in [3.05, 3.63) is 36.0 Å². The molecule has 25 heavy (non-hydrogen) atoms. The van der Waals surface area contributed by atoms with Crippen molar-refractivity contribution in [2.45, 2.75) is 15.1 Å². The Morgan fingerprint density at radius 1 is 1.20 bits per heavy atom. The molecule has 4 aromatic rings. The highest BCUT2D eigenvalue weighted by molar-refractivity contribution is 7.99. The Kier molecular flexibility index (Phi) is 4.32. The lowest BCUT2D eigenvalue weighted by Crippen LogP contribution is -1.95. The Labute approximate surface area is 154 Å². The van der Waals surface area contributed by atoms with Crippen molar-refractivity contribution in [3.8, 4) is 11.1 Å². The summed E-state index contributed by atoms with van der Waals surface area (Å²) in [6.45, 7) is 0. The number of hydrogen-bond donors (Lipinski definition) is 0. The topological polar surface area (TPSA) is 86.4 Å². The molecule has 0 spiro atoms. The first kappa shape index (κ1) is 16.3. The minimum absolute atomic E-state index is 0.643. The van der Waals surface area contributed by atoms with E-state index >= 15 is 0 Å². The Morgan fingerprint density at radius 2 is 2.04 bits per heavy atom. The Balaban J connectivity index is 1.92. The zero-order chi connectivity index (χ0) is 17.4. The van der Waals surface area contributed by atoms with E-state index in [0.29, 0.717) is 5.16 Å². The van der Waals surface area contributed by atoms with Crippen LogP contribution in [0.25, 0.3) is 21.3 Å². The van der Waals surface area contributed by atoms with Gasteiger partial charge in [-0.15, -0.1) is 16.4 Å². The van der Waals surface area contributed by atoms with E-state index in [1.54, 1.807) is 24.3 Å². The highest BCUT2D eigenvalue weighted by Crippen LogP contribution is 2.40. The number of benzene rings is 1. The van der Waals surface area contributed by atoms with Crippen LogP contribution in [0.15, 0.2) is 51.1 Å². The SMILES string of the molecule is Cn1nnnc1Sc1ncnc2scc(-c3ccccc3S(C)=O)c12. The molecule has 0 bridgehead atoms. The summed E-state index contributed by atoms with van der Waals surface area (Å²) in [5.74, 6) is 0. The molecule has 0 aliphatic rings. The van der Waals surface area contributed by atoms with Gasteiger partial charge in [-0.25, -0.2) is 14.6 Å². The van der Waals surface area contributed by atoms with Gasteiger partial charge in [-0.05, 0) is 33.8 Å². The maximum atomic E-state index is 12.1. The van der Waals surface area contributed by atoms with Crippen molar-refractivity contribution in [1.82, 2.24) is 30.2 Å². The molecule has 0 aliphatic heterocycles. The minimum atomic E-state index is -1.09. The molecular formula is C15H12N6OS3. The van der Waals surface area contributed by atoms with Gasteiger partial charge in [0.2, 0.25) is 5.16 Å². The smallest absolute Gasteiger partial charge is 0.215 e. The van der Waals surface area contributed by atoms with Gasteiger partial charge in [0.15, 0.2) is 0 Å². The third kappa shape index (κ3) is 2.96. The average Bonchev–Trinajstić information content (AvgIpc) is 3.22. The van der Waals surface area contributed by atoms with Crippen LogP contribution in [0.4, 0.5) is 0 Å². The maximum Gasteiger partial charge on any atom is 0.215 e. The number of rotatable bonds is 4. The highest BCUT2D eigenvalue weighted by atomic mass is 32.2. The average molecular weight is 389 g/mol. The molecule has 0 saturated heterocycles. The van der Waals surface area contributed by atoms with Crippen molar-refractivity contribution in [2.24, 2.45) is 7.05 Å². The molecule has 0 saturated carbocycles. The Bertz CT molecular complexity index is 1090. The van der Waals surface area contributed by atoms with Gasteiger partial charge in [0, 0.05) is 29.1 Å². The molecular weight excluding hydrogens is 376 g/mol. The van der Waals surface area contributed by atoms with Gasteiger partial charge in [0.05, 0.1) is 16.2 Å². The molecule has 3 aromatic heterocycles. The fourth-order valence-electron chi connectivity index (χ4n) is 2.46. The van der Waals surface area contributed by atoms with Crippen LogP contribution in [0.1, 0.15) is 0 Å².